The zero-order valence-electron chi connectivity index (χ0n) is 19.1. The maximum atomic E-state index is 13.0. The summed E-state index contributed by atoms with van der Waals surface area (Å²) in [4.78, 5) is 19.5. The van der Waals surface area contributed by atoms with Gasteiger partial charge in [-0.1, -0.05) is 45.0 Å². The number of phenols is 2. The van der Waals surface area contributed by atoms with Gasteiger partial charge in [-0.25, -0.2) is 0 Å². The van der Waals surface area contributed by atoms with Crippen LogP contribution in [0.4, 0.5) is 0 Å². The van der Waals surface area contributed by atoms with Gasteiger partial charge in [0.15, 0.2) is 0 Å². The number of hydrogen-bond donors (Lipinski definition) is 2. The van der Waals surface area contributed by atoms with Gasteiger partial charge < -0.3 is 20.0 Å². The largest absolute Gasteiger partial charge is 0.508 e. The lowest BCUT2D eigenvalue weighted by Crippen LogP contribution is -2.45. The molecule has 6 nitrogen and oxygen atoms in total. The van der Waals surface area contributed by atoms with Gasteiger partial charge >= 0.3 is 0 Å². The van der Waals surface area contributed by atoms with E-state index in [0.717, 1.165) is 44.8 Å². The van der Waals surface area contributed by atoms with Crippen LogP contribution in [0, 0.1) is 0 Å². The lowest BCUT2D eigenvalue weighted by Gasteiger charge is -2.34. The van der Waals surface area contributed by atoms with Crippen LogP contribution < -0.4 is 0 Å². The van der Waals surface area contributed by atoms with Crippen LogP contribution in [0.25, 0.3) is 0 Å². The summed E-state index contributed by atoms with van der Waals surface area (Å²) in [5, 5.41) is 20.3. The number of benzene rings is 2. The fourth-order valence-corrected chi connectivity index (χ4v) is 4.13. The van der Waals surface area contributed by atoms with Gasteiger partial charge in [0, 0.05) is 52.4 Å². The number of aromatic hydroxyl groups is 2. The van der Waals surface area contributed by atoms with Gasteiger partial charge in [-0.3, -0.25) is 9.69 Å². The minimum absolute atomic E-state index is 0.0131. The SMILES string of the molecule is CCN1CCN(Cc2cccc(CN(C)C(=O)c3cc(C(C)C)c(O)cc3O)c2)CC1. The van der Waals surface area contributed by atoms with E-state index in [1.165, 1.54) is 11.6 Å². The van der Waals surface area contributed by atoms with E-state index in [-0.39, 0.29) is 28.9 Å². The Morgan fingerprint density at radius 3 is 2.29 bits per heavy atom. The van der Waals surface area contributed by atoms with Crippen LogP contribution in [0.15, 0.2) is 36.4 Å². The Balaban J connectivity index is 1.67. The summed E-state index contributed by atoms with van der Waals surface area (Å²) in [5.41, 5.74) is 3.18. The van der Waals surface area contributed by atoms with Gasteiger partial charge in [0.1, 0.15) is 11.5 Å². The van der Waals surface area contributed by atoms with Crippen LogP contribution in [0.3, 0.4) is 0 Å². The van der Waals surface area contributed by atoms with Crippen LogP contribution >= 0.6 is 0 Å². The number of rotatable bonds is 7. The highest BCUT2D eigenvalue weighted by atomic mass is 16.3. The standard InChI is InChI=1S/C25H35N3O3/c1-5-27-9-11-28(12-10-27)17-20-8-6-7-19(13-20)16-26(4)25(31)22-14-21(18(2)3)23(29)15-24(22)30/h6-8,13-15,18,29-30H,5,9-12,16-17H2,1-4H3. The third kappa shape index (κ3) is 5.77. The van der Waals surface area contributed by atoms with E-state index >= 15 is 0 Å². The monoisotopic (exact) mass is 425 g/mol. The topological polar surface area (TPSA) is 67.2 Å². The second-order valence-electron chi connectivity index (χ2n) is 8.77. The lowest BCUT2D eigenvalue weighted by atomic mass is 9.98. The Morgan fingerprint density at radius 2 is 1.65 bits per heavy atom. The molecule has 0 spiro atoms. The first-order valence-corrected chi connectivity index (χ1v) is 11.1. The number of nitrogens with zero attached hydrogens (tertiary/aromatic N) is 3. The van der Waals surface area contributed by atoms with E-state index in [1.54, 1.807) is 18.0 Å². The van der Waals surface area contributed by atoms with Crippen molar-refractivity contribution in [2.24, 2.45) is 0 Å². The van der Waals surface area contributed by atoms with E-state index in [1.807, 2.05) is 26.0 Å². The summed E-state index contributed by atoms with van der Waals surface area (Å²) in [6, 6.07) is 11.2. The average molecular weight is 426 g/mol. The van der Waals surface area contributed by atoms with Gasteiger partial charge in [0.25, 0.3) is 5.91 Å². The minimum Gasteiger partial charge on any atom is -0.508 e. The summed E-state index contributed by atoms with van der Waals surface area (Å²) in [6.07, 6.45) is 0. The van der Waals surface area contributed by atoms with Crippen LogP contribution in [0.5, 0.6) is 11.5 Å². The molecule has 0 bridgehead atoms. The Hall–Kier alpha value is -2.57. The van der Waals surface area contributed by atoms with Gasteiger partial charge in [0.2, 0.25) is 0 Å². The Morgan fingerprint density at radius 1 is 1.00 bits per heavy atom. The Labute approximate surface area is 185 Å². The molecule has 6 heteroatoms. The zero-order chi connectivity index (χ0) is 22.5. The van der Waals surface area contributed by atoms with E-state index in [0.29, 0.717) is 12.1 Å². The summed E-state index contributed by atoms with van der Waals surface area (Å²) >= 11 is 0. The maximum absolute atomic E-state index is 13.0. The molecule has 2 aromatic carbocycles. The summed E-state index contributed by atoms with van der Waals surface area (Å²) in [5.74, 6) is -0.397. The molecule has 1 saturated heterocycles. The van der Waals surface area contributed by atoms with Gasteiger partial charge in [-0.15, -0.1) is 0 Å². The molecule has 0 aromatic heterocycles. The highest BCUT2D eigenvalue weighted by molar-refractivity contribution is 5.97. The molecule has 2 N–H and O–H groups in total. The fourth-order valence-electron chi connectivity index (χ4n) is 4.13. The molecule has 0 saturated carbocycles. The molecule has 0 unspecified atom stereocenters. The summed E-state index contributed by atoms with van der Waals surface area (Å²) < 4.78 is 0. The quantitative estimate of drug-likeness (QED) is 0.709. The summed E-state index contributed by atoms with van der Waals surface area (Å²) in [6.45, 7) is 13.0. The van der Waals surface area contributed by atoms with E-state index in [4.69, 9.17) is 0 Å². The van der Waals surface area contributed by atoms with E-state index < -0.39 is 0 Å². The Bertz CT molecular complexity index is 905. The van der Waals surface area contributed by atoms with Crippen molar-refractivity contribution < 1.29 is 15.0 Å². The van der Waals surface area contributed by atoms with E-state index in [2.05, 4.69) is 28.9 Å². The first-order chi connectivity index (χ1) is 14.8. The van der Waals surface area contributed by atoms with Gasteiger partial charge in [0.05, 0.1) is 5.56 Å². The lowest BCUT2D eigenvalue weighted by molar-refractivity contribution is 0.0782. The number of amides is 1. The number of carbonyl (C=O) groups excluding carboxylic acids is 1. The van der Waals surface area contributed by atoms with Crippen LogP contribution in [0.2, 0.25) is 0 Å². The molecule has 0 atom stereocenters. The van der Waals surface area contributed by atoms with Crippen molar-refractivity contribution >= 4 is 5.91 Å². The maximum Gasteiger partial charge on any atom is 0.257 e. The summed E-state index contributed by atoms with van der Waals surface area (Å²) in [7, 11) is 1.74. The zero-order valence-corrected chi connectivity index (χ0v) is 19.1. The van der Waals surface area contributed by atoms with Crippen molar-refractivity contribution in [1.82, 2.24) is 14.7 Å². The molecule has 1 fully saturated rings. The number of likely N-dealkylation sites (N-methyl/N-ethyl adjacent to an activating group) is 1. The number of carbonyl (C=O) groups is 1. The molecule has 1 aliphatic heterocycles. The average Bonchev–Trinajstić information content (AvgIpc) is 2.74. The van der Waals surface area contributed by atoms with E-state index in [9.17, 15) is 15.0 Å². The van der Waals surface area contributed by atoms with Crippen molar-refractivity contribution in [3.8, 4) is 11.5 Å². The molecule has 0 radical (unpaired) electrons. The third-order valence-electron chi connectivity index (χ3n) is 6.07. The molecule has 168 valence electrons. The molecular formula is C25H35N3O3. The number of phenolic OH excluding ortho intramolecular Hbond substituents is 2. The molecule has 3 rings (SSSR count). The fraction of sp³-hybridized carbons (Fsp3) is 0.480. The molecule has 1 amide bonds. The van der Waals surface area contributed by atoms with Crippen LogP contribution in [-0.4, -0.2) is 70.6 Å². The normalized spacial score (nSPS) is 15.4. The number of hydrogen-bond acceptors (Lipinski definition) is 5. The molecular weight excluding hydrogens is 390 g/mol. The molecule has 31 heavy (non-hydrogen) atoms. The van der Waals surface area contributed by atoms with Crippen molar-refractivity contribution in [1.29, 1.82) is 0 Å². The smallest absolute Gasteiger partial charge is 0.257 e. The van der Waals surface area contributed by atoms with Gasteiger partial charge in [-0.05, 0) is 35.2 Å². The highest BCUT2D eigenvalue weighted by Crippen LogP contribution is 2.32. The third-order valence-corrected chi connectivity index (χ3v) is 6.07. The predicted octanol–water partition coefficient (Wildman–Crippen LogP) is 3.63. The minimum atomic E-state index is -0.263. The van der Waals surface area contributed by atoms with Crippen LogP contribution in [0.1, 0.15) is 53.7 Å². The second-order valence-corrected chi connectivity index (χ2v) is 8.77. The van der Waals surface area contributed by atoms with Crippen molar-refractivity contribution in [2.45, 2.75) is 39.8 Å². The number of piperazine rings is 1. The van der Waals surface area contributed by atoms with Crippen LogP contribution in [-0.2, 0) is 13.1 Å². The molecule has 0 aliphatic carbocycles. The first kappa shape index (κ1) is 23.1. The molecule has 2 aromatic rings. The predicted molar refractivity (Wildman–Crippen MR) is 123 cm³/mol. The molecule has 1 heterocycles. The van der Waals surface area contributed by atoms with Gasteiger partial charge in [-0.2, -0.15) is 0 Å². The van der Waals surface area contributed by atoms with Crippen molar-refractivity contribution in [3.63, 3.8) is 0 Å². The Kier molecular flexibility index (Phi) is 7.57. The van der Waals surface area contributed by atoms with Crippen molar-refractivity contribution in [2.75, 3.05) is 39.8 Å². The van der Waals surface area contributed by atoms with Crippen molar-refractivity contribution in [3.05, 3.63) is 58.7 Å². The molecule has 1 aliphatic rings. The highest BCUT2D eigenvalue weighted by Gasteiger charge is 2.20. The second kappa shape index (κ2) is 10.2. The first-order valence-electron chi connectivity index (χ1n) is 11.1.